The van der Waals surface area contributed by atoms with E-state index < -0.39 is 0 Å². The largest absolute Gasteiger partial charge is 0.314 e. The number of hydrogen-bond donors (Lipinski definition) is 2. The Labute approximate surface area is 129 Å². The zero-order chi connectivity index (χ0) is 15.1. The monoisotopic (exact) mass is 292 g/mol. The topological polar surface area (TPSA) is 44.0 Å². The minimum atomic E-state index is 0.652. The first kappa shape index (κ1) is 16.5. The van der Waals surface area contributed by atoms with Gasteiger partial charge in [0.25, 0.3) is 0 Å². The summed E-state index contributed by atoms with van der Waals surface area (Å²) in [5.74, 6) is 0.855. The Morgan fingerprint density at radius 3 is 2.81 bits per heavy atom. The second-order valence-corrected chi connectivity index (χ2v) is 6.55. The van der Waals surface area contributed by atoms with Crippen molar-refractivity contribution >= 4 is 0 Å². The van der Waals surface area contributed by atoms with Gasteiger partial charge in [-0.3, -0.25) is 5.10 Å². The van der Waals surface area contributed by atoms with Gasteiger partial charge in [0.15, 0.2) is 0 Å². The van der Waals surface area contributed by atoms with E-state index >= 15 is 0 Å². The molecular formula is C17H32N4. The van der Waals surface area contributed by atoms with Crippen LogP contribution >= 0.6 is 0 Å². The Morgan fingerprint density at radius 1 is 1.43 bits per heavy atom. The van der Waals surface area contributed by atoms with Crippen molar-refractivity contribution in [1.82, 2.24) is 20.4 Å². The highest BCUT2D eigenvalue weighted by atomic mass is 15.1. The maximum absolute atomic E-state index is 4.08. The standard InChI is InChI=1S/C17H32N4/c1-4-10-21-11-7-16(8-12-21)14(2)18-9-5-6-17-13-19-20-15(17)3/h13-14,16,18H,4-12H2,1-3H3,(H,19,20). The predicted octanol–water partition coefficient (Wildman–Crippen LogP) is 2.75. The van der Waals surface area contributed by atoms with E-state index in [-0.39, 0.29) is 0 Å². The summed E-state index contributed by atoms with van der Waals surface area (Å²) in [6, 6.07) is 0.652. The molecule has 0 aromatic carbocycles. The van der Waals surface area contributed by atoms with Crippen LogP contribution in [0.5, 0.6) is 0 Å². The molecule has 4 heteroatoms. The second kappa shape index (κ2) is 8.54. The first-order valence-electron chi connectivity index (χ1n) is 8.65. The number of nitrogens with zero attached hydrogens (tertiary/aromatic N) is 2. The van der Waals surface area contributed by atoms with E-state index in [2.05, 4.69) is 41.2 Å². The summed E-state index contributed by atoms with van der Waals surface area (Å²) >= 11 is 0. The third kappa shape index (κ3) is 5.11. The number of hydrogen-bond acceptors (Lipinski definition) is 3. The van der Waals surface area contributed by atoms with Crippen LogP contribution in [0, 0.1) is 12.8 Å². The van der Waals surface area contributed by atoms with Crippen LogP contribution in [0.2, 0.25) is 0 Å². The minimum absolute atomic E-state index is 0.652. The molecule has 0 spiro atoms. The quantitative estimate of drug-likeness (QED) is 0.724. The SMILES string of the molecule is CCCN1CCC(C(C)NCCCc2cn[nH]c2C)CC1. The van der Waals surface area contributed by atoms with Gasteiger partial charge in [-0.05, 0) is 83.6 Å². The van der Waals surface area contributed by atoms with E-state index in [1.807, 2.05) is 6.20 Å². The van der Waals surface area contributed by atoms with Crippen LogP contribution in [0.15, 0.2) is 6.20 Å². The molecule has 21 heavy (non-hydrogen) atoms. The first-order chi connectivity index (χ1) is 10.2. The third-order valence-corrected chi connectivity index (χ3v) is 4.90. The van der Waals surface area contributed by atoms with Gasteiger partial charge in [0.1, 0.15) is 0 Å². The van der Waals surface area contributed by atoms with Crippen LogP contribution < -0.4 is 5.32 Å². The van der Waals surface area contributed by atoms with Crippen molar-refractivity contribution in [3.05, 3.63) is 17.5 Å². The van der Waals surface area contributed by atoms with Gasteiger partial charge >= 0.3 is 0 Å². The Kier molecular flexibility index (Phi) is 6.71. The molecule has 1 atom stereocenters. The van der Waals surface area contributed by atoms with Gasteiger partial charge in [-0.15, -0.1) is 0 Å². The average Bonchev–Trinajstić information content (AvgIpc) is 2.90. The van der Waals surface area contributed by atoms with Crippen LogP contribution in [-0.2, 0) is 6.42 Å². The Morgan fingerprint density at radius 2 is 2.19 bits per heavy atom. The highest BCUT2D eigenvalue weighted by Crippen LogP contribution is 2.20. The molecule has 1 aromatic rings. The summed E-state index contributed by atoms with van der Waals surface area (Å²) in [7, 11) is 0. The maximum atomic E-state index is 4.08. The molecule has 0 radical (unpaired) electrons. The molecule has 1 aromatic heterocycles. The van der Waals surface area contributed by atoms with Crippen LogP contribution in [-0.4, -0.2) is 47.3 Å². The van der Waals surface area contributed by atoms with Crippen LogP contribution in [0.25, 0.3) is 0 Å². The molecular weight excluding hydrogens is 260 g/mol. The van der Waals surface area contributed by atoms with Crippen molar-refractivity contribution in [2.45, 2.75) is 58.9 Å². The predicted molar refractivity (Wildman–Crippen MR) is 88.6 cm³/mol. The molecule has 2 rings (SSSR count). The molecule has 1 saturated heterocycles. The Bertz CT molecular complexity index is 393. The molecule has 120 valence electrons. The lowest BCUT2D eigenvalue weighted by molar-refractivity contribution is 0.163. The van der Waals surface area contributed by atoms with Crippen molar-refractivity contribution in [2.75, 3.05) is 26.2 Å². The summed E-state index contributed by atoms with van der Waals surface area (Å²) in [5.41, 5.74) is 2.57. The number of H-pyrrole nitrogens is 1. The van der Waals surface area contributed by atoms with Crippen molar-refractivity contribution in [2.24, 2.45) is 5.92 Å². The van der Waals surface area contributed by atoms with E-state index in [1.165, 1.54) is 56.6 Å². The van der Waals surface area contributed by atoms with Crippen molar-refractivity contribution < 1.29 is 0 Å². The van der Waals surface area contributed by atoms with Crippen molar-refractivity contribution in [3.8, 4) is 0 Å². The fourth-order valence-corrected chi connectivity index (χ4v) is 3.40. The maximum Gasteiger partial charge on any atom is 0.0522 e. The van der Waals surface area contributed by atoms with E-state index in [0.717, 1.165) is 18.9 Å². The van der Waals surface area contributed by atoms with Crippen molar-refractivity contribution in [1.29, 1.82) is 0 Å². The van der Waals surface area contributed by atoms with Crippen molar-refractivity contribution in [3.63, 3.8) is 0 Å². The van der Waals surface area contributed by atoms with Gasteiger partial charge in [0.05, 0.1) is 6.20 Å². The fourth-order valence-electron chi connectivity index (χ4n) is 3.40. The van der Waals surface area contributed by atoms with Crippen LogP contribution in [0.3, 0.4) is 0 Å². The molecule has 0 bridgehead atoms. The lowest BCUT2D eigenvalue weighted by atomic mass is 9.90. The zero-order valence-electron chi connectivity index (χ0n) is 14.0. The number of aromatic amines is 1. The number of aryl methyl sites for hydroxylation is 2. The molecule has 0 saturated carbocycles. The van der Waals surface area contributed by atoms with Gasteiger partial charge in [0, 0.05) is 11.7 Å². The number of likely N-dealkylation sites (tertiary alicyclic amines) is 1. The molecule has 2 heterocycles. The van der Waals surface area contributed by atoms with Gasteiger partial charge in [-0.2, -0.15) is 5.10 Å². The Hall–Kier alpha value is -0.870. The summed E-state index contributed by atoms with van der Waals surface area (Å²) < 4.78 is 0. The van der Waals surface area contributed by atoms with Crippen LogP contribution in [0.1, 0.15) is 50.8 Å². The molecule has 4 nitrogen and oxygen atoms in total. The lowest BCUT2D eigenvalue weighted by Gasteiger charge is -2.35. The minimum Gasteiger partial charge on any atom is -0.314 e. The van der Waals surface area contributed by atoms with E-state index in [0.29, 0.717) is 6.04 Å². The molecule has 2 N–H and O–H groups in total. The van der Waals surface area contributed by atoms with Crippen LogP contribution in [0.4, 0.5) is 0 Å². The second-order valence-electron chi connectivity index (χ2n) is 6.55. The lowest BCUT2D eigenvalue weighted by Crippen LogP contribution is -2.42. The van der Waals surface area contributed by atoms with E-state index in [4.69, 9.17) is 0 Å². The molecule has 1 unspecified atom stereocenters. The molecule has 1 fully saturated rings. The third-order valence-electron chi connectivity index (χ3n) is 4.90. The zero-order valence-corrected chi connectivity index (χ0v) is 14.0. The highest BCUT2D eigenvalue weighted by molar-refractivity contribution is 5.14. The van der Waals surface area contributed by atoms with Gasteiger partial charge in [-0.25, -0.2) is 0 Å². The fraction of sp³-hybridized carbons (Fsp3) is 0.824. The summed E-state index contributed by atoms with van der Waals surface area (Å²) in [4.78, 5) is 2.62. The summed E-state index contributed by atoms with van der Waals surface area (Å²) in [6.45, 7) is 11.7. The number of piperidine rings is 1. The Balaban J connectivity index is 1.59. The van der Waals surface area contributed by atoms with E-state index in [9.17, 15) is 0 Å². The highest BCUT2D eigenvalue weighted by Gasteiger charge is 2.22. The summed E-state index contributed by atoms with van der Waals surface area (Å²) in [6.07, 6.45) is 8.27. The molecule has 1 aliphatic rings. The summed E-state index contributed by atoms with van der Waals surface area (Å²) in [5, 5.41) is 10.8. The molecule has 0 aliphatic carbocycles. The van der Waals surface area contributed by atoms with E-state index in [1.54, 1.807) is 0 Å². The number of rotatable bonds is 8. The normalized spacial score (nSPS) is 19.0. The van der Waals surface area contributed by atoms with Gasteiger partial charge < -0.3 is 10.2 Å². The smallest absolute Gasteiger partial charge is 0.0522 e. The number of nitrogens with one attached hydrogen (secondary N) is 2. The number of aromatic nitrogens is 2. The average molecular weight is 292 g/mol. The molecule has 0 amide bonds. The molecule has 1 aliphatic heterocycles. The first-order valence-corrected chi connectivity index (χ1v) is 8.65. The van der Waals surface area contributed by atoms with Gasteiger partial charge in [0.2, 0.25) is 0 Å². The van der Waals surface area contributed by atoms with Gasteiger partial charge in [-0.1, -0.05) is 6.92 Å².